The van der Waals surface area contributed by atoms with Gasteiger partial charge in [-0.1, -0.05) is 23.5 Å². The highest BCUT2D eigenvalue weighted by atomic mass is 32.1. The van der Waals surface area contributed by atoms with Crippen molar-refractivity contribution >= 4 is 34.2 Å². The first-order chi connectivity index (χ1) is 18.1. The second-order valence-electron chi connectivity index (χ2n) is 9.04. The quantitative estimate of drug-likeness (QED) is 0.491. The summed E-state index contributed by atoms with van der Waals surface area (Å²) in [5.74, 6) is -1.47. The zero-order chi connectivity index (χ0) is 27.0. The van der Waals surface area contributed by atoms with Crippen LogP contribution in [0, 0.1) is 5.92 Å². The van der Waals surface area contributed by atoms with Gasteiger partial charge in [0.1, 0.15) is 5.75 Å². The third-order valence-corrected chi connectivity index (χ3v) is 7.88. The van der Waals surface area contributed by atoms with E-state index in [2.05, 4.69) is 15.2 Å². The number of hydrogen-bond acceptors (Lipinski definition) is 8. The molecule has 198 valence electrons. The molecule has 0 aliphatic carbocycles. The number of rotatable bonds is 6. The van der Waals surface area contributed by atoms with E-state index in [1.165, 1.54) is 30.6 Å². The van der Waals surface area contributed by atoms with Gasteiger partial charge in [-0.2, -0.15) is 28.4 Å². The number of carbonyl (C=O) groups is 1. The van der Waals surface area contributed by atoms with Gasteiger partial charge < -0.3 is 19.8 Å². The molecule has 3 aromatic rings. The third-order valence-electron chi connectivity index (χ3n) is 6.71. The van der Waals surface area contributed by atoms with Gasteiger partial charge in [0.15, 0.2) is 5.13 Å². The number of ether oxygens (including phenoxy) is 1. The number of halogens is 3. The molecule has 5 rings (SSSR count). The molecule has 0 radical (unpaired) electrons. The van der Waals surface area contributed by atoms with Gasteiger partial charge in [0.05, 0.1) is 35.0 Å². The molecule has 38 heavy (non-hydrogen) atoms. The lowest BCUT2D eigenvalue weighted by molar-refractivity contribution is -0.142. The van der Waals surface area contributed by atoms with Crippen molar-refractivity contribution in [3.8, 4) is 11.6 Å². The maximum atomic E-state index is 14.0. The van der Waals surface area contributed by atoms with Crippen LogP contribution in [-0.4, -0.2) is 47.6 Å². The Labute approximate surface area is 219 Å². The molecule has 12 heteroatoms. The number of hydrogen-bond donors (Lipinski definition) is 2. The minimum atomic E-state index is -4.62. The number of thiazole rings is 1. The van der Waals surface area contributed by atoms with E-state index in [4.69, 9.17) is 4.74 Å². The van der Waals surface area contributed by atoms with Crippen LogP contribution in [0.2, 0.25) is 0 Å². The molecule has 2 N–H and O–H groups in total. The van der Waals surface area contributed by atoms with Crippen molar-refractivity contribution in [3.05, 3.63) is 68.5 Å². The molecule has 2 aliphatic heterocycles. The van der Waals surface area contributed by atoms with Gasteiger partial charge in [0.25, 0.3) is 0 Å². The molecule has 0 saturated carbocycles. The second-order valence-corrected chi connectivity index (χ2v) is 10.0. The summed E-state index contributed by atoms with van der Waals surface area (Å²) < 4.78 is 47.1. The van der Waals surface area contributed by atoms with Gasteiger partial charge in [-0.3, -0.25) is 4.79 Å². The van der Waals surface area contributed by atoms with E-state index in [1.54, 1.807) is 24.4 Å². The van der Waals surface area contributed by atoms with Crippen LogP contribution in [0.25, 0.3) is 5.57 Å². The molecule has 0 spiro atoms. The fourth-order valence-corrected chi connectivity index (χ4v) is 5.72. The van der Waals surface area contributed by atoms with Crippen LogP contribution in [0.5, 0.6) is 11.6 Å². The Hall–Kier alpha value is -3.93. The number of aliphatic carboxylic acids is 1. The van der Waals surface area contributed by atoms with Crippen molar-refractivity contribution in [1.29, 1.82) is 0 Å². The first-order valence-corrected chi connectivity index (χ1v) is 12.6. The van der Waals surface area contributed by atoms with Crippen molar-refractivity contribution < 1.29 is 32.9 Å². The van der Waals surface area contributed by atoms with E-state index >= 15 is 0 Å². The van der Waals surface area contributed by atoms with Crippen LogP contribution in [0.1, 0.15) is 34.4 Å². The van der Waals surface area contributed by atoms with Crippen molar-refractivity contribution in [1.82, 2.24) is 4.98 Å². The normalized spacial score (nSPS) is 16.3. The SMILES string of the molecule is COc1ccc(CC(c2sc(N3CCC(C(=O)O)CC3)nc2O)=c2ccc3c(c2)C=NN=3)c(C(F)(F)F)c1. The van der Waals surface area contributed by atoms with Crippen molar-refractivity contribution in [2.24, 2.45) is 16.1 Å². The van der Waals surface area contributed by atoms with E-state index in [-0.39, 0.29) is 23.6 Å². The lowest BCUT2D eigenvalue weighted by Gasteiger charge is -2.29. The number of anilines is 1. The number of aromatic nitrogens is 1. The largest absolute Gasteiger partial charge is 0.497 e. The summed E-state index contributed by atoms with van der Waals surface area (Å²) in [5, 5.41) is 29.8. The molecule has 1 fully saturated rings. The van der Waals surface area contributed by atoms with E-state index in [0.717, 1.165) is 6.07 Å². The summed E-state index contributed by atoms with van der Waals surface area (Å²) in [7, 11) is 1.31. The molecule has 3 heterocycles. The molecular formula is C26H23F3N4O4S. The van der Waals surface area contributed by atoms with Crippen LogP contribution in [0.3, 0.4) is 0 Å². The van der Waals surface area contributed by atoms with Gasteiger partial charge in [-0.05, 0) is 53.5 Å². The average molecular weight is 545 g/mol. The minimum Gasteiger partial charge on any atom is -0.497 e. The van der Waals surface area contributed by atoms with E-state index < -0.39 is 23.6 Å². The molecule has 8 nitrogen and oxygen atoms in total. The Morgan fingerprint density at radius 2 is 1.95 bits per heavy atom. The number of carboxylic acids is 1. The first kappa shape index (κ1) is 25.7. The molecule has 2 aliphatic rings. The van der Waals surface area contributed by atoms with Crippen LogP contribution in [-0.2, 0) is 17.4 Å². The molecule has 0 atom stereocenters. The van der Waals surface area contributed by atoms with Gasteiger partial charge in [0.2, 0.25) is 5.88 Å². The molecule has 0 bridgehead atoms. The lowest BCUT2D eigenvalue weighted by atomic mass is 9.96. The topological polar surface area (TPSA) is 108 Å². The number of methoxy groups -OCH3 is 1. The summed E-state index contributed by atoms with van der Waals surface area (Å²) in [4.78, 5) is 17.9. The van der Waals surface area contributed by atoms with Crippen LogP contribution < -0.4 is 20.2 Å². The van der Waals surface area contributed by atoms with Crippen LogP contribution in [0.4, 0.5) is 18.3 Å². The Bertz CT molecular complexity index is 1540. The van der Waals surface area contributed by atoms with Crippen molar-refractivity contribution in [3.63, 3.8) is 0 Å². The fourth-order valence-electron chi connectivity index (χ4n) is 4.65. The number of alkyl halides is 3. The van der Waals surface area contributed by atoms with E-state index in [9.17, 15) is 28.2 Å². The van der Waals surface area contributed by atoms with Gasteiger partial charge in [-0.15, -0.1) is 0 Å². The fraction of sp³-hybridized carbons (Fsp3) is 0.308. The van der Waals surface area contributed by atoms with Gasteiger partial charge in [-0.25, -0.2) is 0 Å². The van der Waals surface area contributed by atoms with Crippen molar-refractivity contribution in [2.45, 2.75) is 25.4 Å². The molecule has 2 aromatic carbocycles. The smallest absolute Gasteiger partial charge is 0.416 e. The average Bonchev–Trinajstić information content (AvgIpc) is 3.52. The number of aromatic hydroxyl groups is 1. The predicted octanol–water partition coefficient (Wildman–Crippen LogP) is 3.59. The standard InChI is InChI=1S/C26H23F3N4O4S/c1-37-18-4-2-16(20(12-18)26(27,28)29)11-19(15-3-5-21-17(10-15)13-30-32-21)22-23(34)31-25(38-22)33-8-6-14(7-9-33)24(35)36/h2-5,10,12-14,34H,6-9,11H2,1H3,(H,35,36). The highest BCUT2D eigenvalue weighted by Crippen LogP contribution is 2.40. The van der Waals surface area contributed by atoms with E-state index in [1.807, 2.05) is 4.90 Å². The highest BCUT2D eigenvalue weighted by molar-refractivity contribution is 7.17. The summed E-state index contributed by atoms with van der Waals surface area (Å²) in [6, 6.07) is 9.05. The van der Waals surface area contributed by atoms with Crippen LogP contribution in [0.15, 0.2) is 46.6 Å². The zero-order valence-electron chi connectivity index (χ0n) is 20.2. The van der Waals surface area contributed by atoms with Crippen molar-refractivity contribution in [2.75, 3.05) is 25.1 Å². The zero-order valence-corrected chi connectivity index (χ0v) is 21.0. The Morgan fingerprint density at radius 3 is 2.63 bits per heavy atom. The van der Waals surface area contributed by atoms with Gasteiger partial charge in [0, 0.05) is 25.1 Å². The van der Waals surface area contributed by atoms with Gasteiger partial charge >= 0.3 is 12.1 Å². The maximum Gasteiger partial charge on any atom is 0.416 e. The Kier molecular flexibility index (Phi) is 6.82. The monoisotopic (exact) mass is 544 g/mol. The number of piperidine rings is 1. The van der Waals surface area contributed by atoms with E-state index in [0.29, 0.717) is 57.7 Å². The Morgan fingerprint density at radius 1 is 1.18 bits per heavy atom. The summed E-state index contributed by atoms with van der Waals surface area (Å²) in [6.45, 7) is 0.901. The minimum absolute atomic E-state index is 0.0174. The summed E-state index contributed by atoms with van der Waals surface area (Å²) >= 11 is 1.17. The third kappa shape index (κ3) is 5.08. The maximum absolute atomic E-state index is 14.0. The lowest BCUT2D eigenvalue weighted by Crippen LogP contribution is -2.36. The first-order valence-electron chi connectivity index (χ1n) is 11.8. The summed E-state index contributed by atoms with van der Waals surface area (Å²) in [5.41, 5.74) is 0.368. The predicted molar refractivity (Wildman–Crippen MR) is 135 cm³/mol. The molecule has 0 unspecified atom stereocenters. The molecule has 0 amide bonds. The summed E-state index contributed by atoms with van der Waals surface area (Å²) in [6.07, 6.45) is -2.31. The molecule has 1 saturated heterocycles. The Balaban J connectivity index is 1.60. The number of carboxylic acid groups (broad SMARTS) is 1. The molecule has 1 aromatic heterocycles. The second kappa shape index (κ2) is 10.1. The molecular weight excluding hydrogens is 521 g/mol. The number of benzene rings is 2. The number of fused-ring (bicyclic) bond motifs is 1. The highest BCUT2D eigenvalue weighted by Gasteiger charge is 2.34. The van der Waals surface area contributed by atoms with Crippen LogP contribution >= 0.6 is 11.3 Å². The number of nitrogens with zero attached hydrogens (tertiary/aromatic N) is 4.